The van der Waals surface area contributed by atoms with Gasteiger partial charge in [-0.3, -0.25) is 4.98 Å². The summed E-state index contributed by atoms with van der Waals surface area (Å²) in [7, 11) is -1.58. The van der Waals surface area contributed by atoms with E-state index in [2.05, 4.69) is 110 Å². The fourth-order valence-electron chi connectivity index (χ4n) is 5.99. The van der Waals surface area contributed by atoms with E-state index in [-0.39, 0.29) is 0 Å². The zero-order chi connectivity index (χ0) is 25.5. The molecule has 0 saturated carbocycles. The lowest BCUT2D eigenvalue weighted by Crippen LogP contribution is -2.38. The number of hydrogen-bond acceptors (Lipinski definition) is 2. The smallest absolute Gasteiger partial charge is 0.144 e. The number of benzene rings is 2. The molecule has 186 valence electrons. The number of rotatable bonds is 8. The molecule has 35 heavy (non-hydrogen) atoms. The Hall–Kier alpha value is -2.39. The Morgan fingerprint density at radius 2 is 1.51 bits per heavy atom. The molecular weight excluding hydrogens is 442 g/mol. The standard InChI is InChI=1S/C32H43NOSi/c1-10-23(20(3)4)22-18-27(24(11-2)21(5)6)31(33-19-22)26-16-17-29(35(7,8)9)30-25-14-12-13-15-28(25)34-32(26)30/h12-21,23-24H,10-11H2,1-9H3. The first kappa shape index (κ1) is 25.7. The highest BCUT2D eigenvalue weighted by atomic mass is 28.3. The number of pyridine rings is 1. The van der Waals surface area contributed by atoms with E-state index in [1.54, 1.807) is 0 Å². The van der Waals surface area contributed by atoms with Gasteiger partial charge in [0.05, 0.1) is 13.8 Å². The van der Waals surface area contributed by atoms with Crippen molar-refractivity contribution in [3.63, 3.8) is 0 Å². The van der Waals surface area contributed by atoms with Crippen molar-refractivity contribution in [3.05, 3.63) is 59.8 Å². The van der Waals surface area contributed by atoms with E-state index in [0.29, 0.717) is 23.7 Å². The van der Waals surface area contributed by atoms with E-state index in [1.807, 2.05) is 0 Å². The molecule has 2 unspecified atom stereocenters. The fraction of sp³-hybridized carbons (Fsp3) is 0.469. The Bertz CT molecular complexity index is 1320. The lowest BCUT2D eigenvalue weighted by molar-refractivity contribution is 0.472. The molecule has 0 amide bonds. The second-order valence-electron chi connectivity index (χ2n) is 11.9. The van der Waals surface area contributed by atoms with Crippen molar-refractivity contribution in [1.82, 2.24) is 4.98 Å². The van der Waals surface area contributed by atoms with E-state index in [9.17, 15) is 0 Å². The van der Waals surface area contributed by atoms with Gasteiger partial charge in [-0.25, -0.2) is 0 Å². The summed E-state index contributed by atoms with van der Waals surface area (Å²) in [4.78, 5) is 5.21. The Labute approximate surface area is 213 Å². The molecule has 3 heteroatoms. The van der Waals surface area contributed by atoms with E-state index in [1.165, 1.54) is 27.1 Å². The molecule has 0 aliphatic rings. The number of para-hydroxylation sites is 1. The summed E-state index contributed by atoms with van der Waals surface area (Å²) in [5.41, 5.74) is 6.95. The lowest BCUT2D eigenvalue weighted by atomic mass is 9.80. The maximum atomic E-state index is 6.62. The highest BCUT2D eigenvalue weighted by Crippen LogP contribution is 2.41. The molecule has 0 radical (unpaired) electrons. The normalized spacial score (nSPS) is 14.4. The van der Waals surface area contributed by atoms with Crippen molar-refractivity contribution in [2.45, 2.75) is 85.9 Å². The van der Waals surface area contributed by atoms with Crippen LogP contribution in [0.25, 0.3) is 33.2 Å². The molecule has 0 aliphatic carbocycles. The van der Waals surface area contributed by atoms with E-state index in [4.69, 9.17) is 9.40 Å². The van der Waals surface area contributed by atoms with Crippen LogP contribution in [0.2, 0.25) is 19.6 Å². The van der Waals surface area contributed by atoms with E-state index in [0.717, 1.165) is 35.3 Å². The molecule has 2 aromatic heterocycles. The summed E-state index contributed by atoms with van der Waals surface area (Å²) in [5.74, 6) is 2.12. The van der Waals surface area contributed by atoms with Crippen molar-refractivity contribution in [1.29, 1.82) is 0 Å². The first-order chi connectivity index (χ1) is 16.6. The summed E-state index contributed by atoms with van der Waals surface area (Å²) in [6.07, 6.45) is 4.38. The number of hydrogen-bond donors (Lipinski definition) is 0. The molecule has 4 rings (SSSR count). The van der Waals surface area contributed by atoms with Gasteiger partial charge in [0.15, 0.2) is 0 Å². The van der Waals surface area contributed by atoms with Crippen LogP contribution in [0.5, 0.6) is 0 Å². The zero-order valence-corrected chi connectivity index (χ0v) is 24.2. The van der Waals surface area contributed by atoms with Crippen LogP contribution in [0.1, 0.15) is 77.3 Å². The number of fused-ring (bicyclic) bond motifs is 3. The first-order valence-corrected chi connectivity index (χ1v) is 17.0. The molecule has 0 aliphatic heterocycles. The number of nitrogens with zero attached hydrogens (tertiary/aromatic N) is 1. The molecule has 0 bridgehead atoms. The van der Waals surface area contributed by atoms with Crippen LogP contribution < -0.4 is 5.19 Å². The maximum absolute atomic E-state index is 6.62. The van der Waals surface area contributed by atoms with E-state index < -0.39 is 8.07 Å². The van der Waals surface area contributed by atoms with E-state index >= 15 is 0 Å². The minimum Gasteiger partial charge on any atom is -0.455 e. The van der Waals surface area contributed by atoms with Crippen LogP contribution in [0, 0.1) is 11.8 Å². The number of aromatic nitrogens is 1. The van der Waals surface area contributed by atoms with Crippen molar-refractivity contribution in [2.24, 2.45) is 11.8 Å². The van der Waals surface area contributed by atoms with Crippen molar-refractivity contribution >= 4 is 35.2 Å². The SMILES string of the molecule is CCC(c1cnc(-c2ccc([Si](C)(C)C)c3c2oc2ccccc23)c(C(CC)C(C)C)c1)C(C)C. The Balaban J connectivity index is 2.06. The predicted octanol–water partition coefficient (Wildman–Crippen LogP) is 9.49. The van der Waals surface area contributed by atoms with Gasteiger partial charge in [-0.2, -0.15) is 0 Å². The van der Waals surface area contributed by atoms with Crippen molar-refractivity contribution in [2.75, 3.05) is 0 Å². The lowest BCUT2D eigenvalue weighted by Gasteiger charge is -2.26. The van der Waals surface area contributed by atoms with Crippen LogP contribution in [-0.4, -0.2) is 13.1 Å². The van der Waals surface area contributed by atoms with Gasteiger partial charge >= 0.3 is 0 Å². The van der Waals surface area contributed by atoms with Gasteiger partial charge in [0, 0.05) is 22.5 Å². The van der Waals surface area contributed by atoms with Crippen molar-refractivity contribution < 1.29 is 4.42 Å². The highest BCUT2D eigenvalue weighted by Gasteiger charge is 2.28. The van der Waals surface area contributed by atoms with Gasteiger partial charge in [0.1, 0.15) is 11.2 Å². The van der Waals surface area contributed by atoms with Crippen molar-refractivity contribution in [3.8, 4) is 11.3 Å². The summed E-state index contributed by atoms with van der Waals surface area (Å²) in [6, 6.07) is 15.6. The third kappa shape index (κ3) is 4.72. The molecule has 0 fully saturated rings. The van der Waals surface area contributed by atoms with Gasteiger partial charge in [0.25, 0.3) is 0 Å². The Morgan fingerprint density at radius 3 is 2.11 bits per heavy atom. The molecule has 0 N–H and O–H groups in total. The molecule has 2 nitrogen and oxygen atoms in total. The third-order valence-electron chi connectivity index (χ3n) is 7.84. The quantitative estimate of drug-likeness (QED) is 0.232. The highest BCUT2D eigenvalue weighted by molar-refractivity contribution is 6.90. The Morgan fingerprint density at radius 1 is 0.857 bits per heavy atom. The molecule has 2 atom stereocenters. The van der Waals surface area contributed by atoms with Crippen LogP contribution in [0.15, 0.2) is 53.1 Å². The summed E-state index contributed by atoms with van der Waals surface area (Å²) in [6.45, 7) is 21.2. The Kier molecular flexibility index (Phi) is 7.29. The molecule has 2 heterocycles. The molecule has 0 spiro atoms. The topological polar surface area (TPSA) is 26.0 Å². The van der Waals surface area contributed by atoms with Crippen LogP contribution in [0.3, 0.4) is 0 Å². The van der Waals surface area contributed by atoms with Gasteiger partial charge in [0.2, 0.25) is 0 Å². The van der Waals surface area contributed by atoms with Gasteiger partial charge in [-0.15, -0.1) is 0 Å². The molecule has 4 aromatic rings. The van der Waals surface area contributed by atoms with Crippen LogP contribution in [-0.2, 0) is 0 Å². The second kappa shape index (κ2) is 9.93. The van der Waals surface area contributed by atoms with Gasteiger partial charge < -0.3 is 4.42 Å². The third-order valence-corrected chi connectivity index (χ3v) is 9.88. The summed E-state index contributed by atoms with van der Waals surface area (Å²) < 4.78 is 6.62. The first-order valence-electron chi connectivity index (χ1n) is 13.5. The number of furan rings is 1. The van der Waals surface area contributed by atoms with Gasteiger partial charge in [-0.1, -0.05) is 91.5 Å². The second-order valence-corrected chi connectivity index (χ2v) is 17.0. The zero-order valence-electron chi connectivity index (χ0n) is 23.2. The molecular formula is C32H43NOSi. The minimum absolute atomic E-state index is 0.457. The summed E-state index contributed by atoms with van der Waals surface area (Å²) in [5, 5.41) is 3.98. The average Bonchev–Trinajstić information content (AvgIpc) is 3.18. The molecule has 2 aromatic carbocycles. The summed E-state index contributed by atoms with van der Waals surface area (Å²) >= 11 is 0. The van der Waals surface area contributed by atoms with Gasteiger partial charge in [-0.05, 0) is 65.0 Å². The minimum atomic E-state index is -1.58. The van der Waals surface area contributed by atoms with Crippen LogP contribution in [0.4, 0.5) is 0 Å². The van der Waals surface area contributed by atoms with Crippen LogP contribution >= 0.6 is 0 Å². The maximum Gasteiger partial charge on any atom is 0.144 e. The largest absolute Gasteiger partial charge is 0.455 e. The fourth-order valence-corrected chi connectivity index (χ4v) is 7.57. The average molecular weight is 486 g/mol. The molecule has 0 saturated heterocycles. The predicted molar refractivity (Wildman–Crippen MR) is 156 cm³/mol. The monoisotopic (exact) mass is 485 g/mol.